The van der Waals surface area contributed by atoms with Crippen LogP contribution in [0.25, 0.3) is 0 Å². The zero-order chi connectivity index (χ0) is 16.9. The number of carbonyl (C=O) groups is 1. The summed E-state index contributed by atoms with van der Waals surface area (Å²) < 4.78 is 6.76. The first-order valence-electron chi connectivity index (χ1n) is 8.53. The van der Waals surface area contributed by atoms with E-state index in [-0.39, 0.29) is 18.9 Å². The summed E-state index contributed by atoms with van der Waals surface area (Å²) in [5.74, 6) is 0.0553. The zero-order valence-corrected chi connectivity index (χ0v) is 13.8. The Balaban J connectivity index is 1.46. The van der Waals surface area contributed by atoms with Gasteiger partial charge in [-0.1, -0.05) is 0 Å². The number of aromatic nitrogens is 2. The van der Waals surface area contributed by atoms with Crippen LogP contribution in [0.4, 0.5) is 0 Å². The molecule has 2 aliphatic rings. The Bertz CT molecular complexity index is 669. The van der Waals surface area contributed by atoms with E-state index in [0.717, 1.165) is 52.2 Å². The molecule has 1 aromatic heterocycles. The number of aromatic amines is 1. The quantitative estimate of drug-likeness (QED) is 0.782. The maximum absolute atomic E-state index is 12.3. The molecule has 8 heteroatoms. The van der Waals surface area contributed by atoms with Gasteiger partial charge in [0, 0.05) is 70.7 Å². The standard InChI is InChI=1S/C16H24N4O4/c21-14-1-5-20(16(23)17-14)6-2-15(22)19-9-7-18(8-10-19)13-3-11-24-12-4-13/h1,5,13H,2-4,6-12H2,(H,17,21,23). The Morgan fingerprint density at radius 1 is 1.17 bits per heavy atom. The summed E-state index contributed by atoms with van der Waals surface area (Å²) in [5.41, 5.74) is -0.897. The van der Waals surface area contributed by atoms with Crippen LogP contribution in [0.5, 0.6) is 0 Å². The summed E-state index contributed by atoms with van der Waals surface area (Å²) in [6.45, 7) is 5.21. The number of hydrogen-bond acceptors (Lipinski definition) is 5. The minimum absolute atomic E-state index is 0.0553. The van der Waals surface area contributed by atoms with Gasteiger partial charge >= 0.3 is 5.69 Å². The third-order valence-corrected chi connectivity index (χ3v) is 4.84. The summed E-state index contributed by atoms with van der Waals surface area (Å²) in [6, 6.07) is 1.87. The van der Waals surface area contributed by atoms with Crippen molar-refractivity contribution < 1.29 is 9.53 Å². The first-order valence-corrected chi connectivity index (χ1v) is 8.53. The molecule has 3 rings (SSSR count). The second-order valence-electron chi connectivity index (χ2n) is 6.31. The van der Waals surface area contributed by atoms with Crippen LogP contribution in [0.3, 0.4) is 0 Å². The maximum Gasteiger partial charge on any atom is 0.328 e. The van der Waals surface area contributed by atoms with Crippen LogP contribution in [0, 0.1) is 0 Å². The summed E-state index contributed by atoms with van der Waals surface area (Å²) in [7, 11) is 0. The van der Waals surface area contributed by atoms with Crippen molar-refractivity contribution in [3.05, 3.63) is 33.1 Å². The van der Waals surface area contributed by atoms with Gasteiger partial charge in [-0.3, -0.25) is 19.5 Å². The predicted octanol–water partition coefficient (Wildman–Crippen LogP) is -0.750. The van der Waals surface area contributed by atoms with E-state index in [4.69, 9.17) is 4.74 Å². The number of ether oxygens (including phenoxy) is 1. The molecule has 1 N–H and O–H groups in total. The van der Waals surface area contributed by atoms with E-state index in [9.17, 15) is 14.4 Å². The third kappa shape index (κ3) is 4.12. The number of amides is 1. The highest BCUT2D eigenvalue weighted by Gasteiger charge is 2.27. The van der Waals surface area contributed by atoms with Crippen LogP contribution in [-0.4, -0.2) is 70.7 Å². The number of hydrogen-bond donors (Lipinski definition) is 1. The molecule has 0 aromatic carbocycles. The van der Waals surface area contributed by atoms with E-state index >= 15 is 0 Å². The van der Waals surface area contributed by atoms with Crippen molar-refractivity contribution in [1.29, 1.82) is 0 Å². The molecule has 3 heterocycles. The van der Waals surface area contributed by atoms with E-state index in [1.54, 1.807) is 0 Å². The first-order chi connectivity index (χ1) is 11.6. The van der Waals surface area contributed by atoms with Gasteiger partial charge in [-0.15, -0.1) is 0 Å². The van der Waals surface area contributed by atoms with Gasteiger partial charge in [0.1, 0.15) is 0 Å². The van der Waals surface area contributed by atoms with Crippen molar-refractivity contribution in [1.82, 2.24) is 19.4 Å². The number of aryl methyl sites for hydroxylation is 1. The van der Waals surface area contributed by atoms with Crippen LogP contribution in [0.1, 0.15) is 19.3 Å². The highest BCUT2D eigenvalue weighted by Crippen LogP contribution is 2.16. The predicted molar refractivity (Wildman–Crippen MR) is 87.9 cm³/mol. The Hall–Kier alpha value is -1.93. The average Bonchev–Trinajstić information content (AvgIpc) is 2.62. The smallest absolute Gasteiger partial charge is 0.328 e. The lowest BCUT2D eigenvalue weighted by Crippen LogP contribution is -2.53. The maximum atomic E-state index is 12.3. The molecular formula is C16H24N4O4. The monoisotopic (exact) mass is 336 g/mol. The fraction of sp³-hybridized carbons (Fsp3) is 0.688. The molecule has 2 aliphatic heterocycles. The molecule has 132 valence electrons. The van der Waals surface area contributed by atoms with E-state index < -0.39 is 11.2 Å². The minimum atomic E-state index is -0.473. The van der Waals surface area contributed by atoms with Crippen LogP contribution < -0.4 is 11.2 Å². The summed E-state index contributed by atoms with van der Waals surface area (Å²) in [5, 5.41) is 0. The molecule has 0 spiro atoms. The lowest BCUT2D eigenvalue weighted by Gasteiger charge is -2.40. The number of nitrogens with zero attached hydrogens (tertiary/aromatic N) is 3. The highest BCUT2D eigenvalue weighted by atomic mass is 16.5. The molecule has 0 saturated carbocycles. The normalized spacial score (nSPS) is 20.2. The molecule has 1 amide bonds. The van der Waals surface area contributed by atoms with Gasteiger partial charge in [-0.2, -0.15) is 0 Å². The van der Waals surface area contributed by atoms with Crippen molar-refractivity contribution >= 4 is 5.91 Å². The van der Waals surface area contributed by atoms with Crippen LogP contribution >= 0.6 is 0 Å². The zero-order valence-electron chi connectivity index (χ0n) is 13.8. The molecule has 2 saturated heterocycles. The molecule has 0 radical (unpaired) electrons. The number of rotatable bonds is 4. The van der Waals surface area contributed by atoms with E-state index in [1.165, 1.54) is 16.8 Å². The minimum Gasteiger partial charge on any atom is -0.381 e. The van der Waals surface area contributed by atoms with Crippen molar-refractivity contribution in [2.75, 3.05) is 39.4 Å². The Morgan fingerprint density at radius 2 is 1.88 bits per heavy atom. The van der Waals surface area contributed by atoms with Gasteiger partial charge in [0.15, 0.2) is 0 Å². The van der Waals surface area contributed by atoms with Crippen LogP contribution in [-0.2, 0) is 16.1 Å². The SMILES string of the molecule is O=C(CCn1ccc(=O)[nH]c1=O)N1CCN(C2CCOCC2)CC1. The Morgan fingerprint density at radius 3 is 2.54 bits per heavy atom. The number of nitrogens with one attached hydrogen (secondary N) is 1. The molecule has 2 fully saturated rings. The van der Waals surface area contributed by atoms with E-state index in [0.29, 0.717) is 6.04 Å². The summed E-state index contributed by atoms with van der Waals surface area (Å²) >= 11 is 0. The van der Waals surface area contributed by atoms with E-state index in [1.807, 2.05) is 4.90 Å². The first kappa shape index (κ1) is 16.9. The number of H-pyrrole nitrogens is 1. The van der Waals surface area contributed by atoms with Crippen molar-refractivity contribution in [2.24, 2.45) is 0 Å². The number of piperazine rings is 1. The van der Waals surface area contributed by atoms with Gasteiger partial charge in [-0.05, 0) is 12.8 Å². The van der Waals surface area contributed by atoms with Crippen LogP contribution in [0.2, 0.25) is 0 Å². The molecule has 0 unspecified atom stereocenters. The molecule has 24 heavy (non-hydrogen) atoms. The second kappa shape index (κ2) is 7.76. The fourth-order valence-corrected chi connectivity index (χ4v) is 3.38. The van der Waals surface area contributed by atoms with Gasteiger partial charge in [0.2, 0.25) is 5.91 Å². The topological polar surface area (TPSA) is 87.6 Å². The Kier molecular flexibility index (Phi) is 5.47. The Labute approximate surface area is 140 Å². The van der Waals surface area contributed by atoms with Crippen molar-refractivity contribution in [3.8, 4) is 0 Å². The van der Waals surface area contributed by atoms with Gasteiger partial charge in [0.25, 0.3) is 5.56 Å². The van der Waals surface area contributed by atoms with Gasteiger partial charge < -0.3 is 14.2 Å². The highest BCUT2D eigenvalue weighted by molar-refractivity contribution is 5.76. The summed E-state index contributed by atoms with van der Waals surface area (Å²) in [4.78, 5) is 41.5. The second-order valence-corrected chi connectivity index (χ2v) is 6.31. The third-order valence-electron chi connectivity index (χ3n) is 4.84. The van der Waals surface area contributed by atoms with Crippen molar-refractivity contribution in [2.45, 2.75) is 31.8 Å². The lowest BCUT2D eigenvalue weighted by molar-refractivity contribution is -0.133. The largest absolute Gasteiger partial charge is 0.381 e. The summed E-state index contributed by atoms with van der Waals surface area (Å²) in [6.07, 6.45) is 3.84. The molecule has 0 bridgehead atoms. The average molecular weight is 336 g/mol. The van der Waals surface area contributed by atoms with E-state index in [2.05, 4.69) is 9.88 Å². The lowest BCUT2D eigenvalue weighted by atomic mass is 10.1. The molecule has 0 atom stereocenters. The molecular weight excluding hydrogens is 312 g/mol. The fourth-order valence-electron chi connectivity index (χ4n) is 3.38. The van der Waals surface area contributed by atoms with Crippen LogP contribution in [0.15, 0.2) is 21.9 Å². The molecule has 0 aliphatic carbocycles. The number of carbonyl (C=O) groups excluding carboxylic acids is 1. The van der Waals surface area contributed by atoms with Gasteiger partial charge in [0.05, 0.1) is 0 Å². The van der Waals surface area contributed by atoms with Crippen molar-refractivity contribution in [3.63, 3.8) is 0 Å². The van der Waals surface area contributed by atoms with Gasteiger partial charge in [-0.25, -0.2) is 4.79 Å². The molecule has 8 nitrogen and oxygen atoms in total. The molecule has 1 aromatic rings.